The van der Waals surface area contributed by atoms with Gasteiger partial charge in [-0.3, -0.25) is 4.79 Å². The second kappa shape index (κ2) is 13.2. The Bertz CT molecular complexity index is 3040. The highest BCUT2D eigenvalue weighted by molar-refractivity contribution is 7.99. The lowest BCUT2D eigenvalue weighted by molar-refractivity contribution is 0.103. The van der Waals surface area contributed by atoms with Crippen LogP contribution in [0, 0.1) is 0 Å². The third-order valence-corrected chi connectivity index (χ3v) is 13.6. The van der Waals surface area contributed by atoms with Gasteiger partial charge in [0.1, 0.15) is 0 Å². The first kappa shape index (κ1) is 33.9. The maximum Gasteiger partial charge on any atom is 0.193 e. The predicted octanol–water partition coefficient (Wildman–Crippen LogP) is 14.5. The number of carbonyl (C=O) groups excluding carboxylic acids is 1. The average Bonchev–Trinajstić information content (AvgIpc) is 3.31. The molecule has 0 saturated heterocycles. The molecule has 9 aromatic rings. The largest absolute Gasteiger partial charge is 0.308 e. The van der Waals surface area contributed by atoms with Crippen molar-refractivity contribution in [3.05, 3.63) is 246 Å². The van der Waals surface area contributed by atoms with Crippen LogP contribution in [0.4, 0.5) is 17.1 Å². The van der Waals surface area contributed by atoms with Crippen molar-refractivity contribution in [2.24, 2.45) is 0 Å². The zero-order chi connectivity index (χ0) is 39.1. The molecule has 1 spiro atoms. The summed E-state index contributed by atoms with van der Waals surface area (Å²) in [6.07, 6.45) is 0. The number of carbonyl (C=O) groups is 1. The molecule has 2 heterocycles. The minimum Gasteiger partial charge on any atom is -0.308 e. The number of nitrogens with zero attached hydrogens (tertiary/aromatic N) is 1. The van der Waals surface area contributed by atoms with E-state index >= 15 is 0 Å². The molecule has 3 aliphatic rings. The molecule has 0 N–H and O–H groups in total. The summed E-state index contributed by atoms with van der Waals surface area (Å²) >= 11 is 1.83. The van der Waals surface area contributed by atoms with Gasteiger partial charge in [-0.15, -0.1) is 0 Å². The van der Waals surface area contributed by atoms with E-state index in [4.69, 9.17) is 0 Å². The Kier molecular flexibility index (Phi) is 7.57. The monoisotopic (exact) mass is 769 g/mol. The van der Waals surface area contributed by atoms with Crippen LogP contribution in [0.25, 0.3) is 44.5 Å². The lowest BCUT2D eigenvalue weighted by Gasteiger charge is -2.50. The highest BCUT2D eigenvalue weighted by Crippen LogP contribution is 2.65. The molecule has 0 radical (unpaired) electrons. The summed E-state index contributed by atoms with van der Waals surface area (Å²) in [4.78, 5) is 19.2. The molecule has 0 fully saturated rings. The van der Waals surface area contributed by atoms with Crippen molar-refractivity contribution >= 4 is 34.6 Å². The Morgan fingerprint density at radius 3 is 1.44 bits per heavy atom. The lowest BCUT2D eigenvalue weighted by atomic mass is 9.57. The Morgan fingerprint density at radius 1 is 0.339 bits per heavy atom. The van der Waals surface area contributed by atoms with Crippen molar-refractivity contribution in [2.45, 2.75) is 15.2 Å². The summed E-state index contributed by atoms with van der Waals surface area (Å²) in [6.45, 7) is 0. The lowest BCUT2D eigenvalue weighted by Crippen LogP contribution is -2.42. The summed E-state index contributed by atoms with van der Waals surface area (Å²) in [5.41, 5.74) is 18.2. The number of benzene rings is 9. The molecular weight excluding hydrogens is 735 g/mol. The highest BCUT2D eigenvalue weighted by atomic mass is 32.2. The zero-order valence-electron chi connectivity index (χ0n) is 32.0. The number of hydrogen-bond acceptors (Lipinski definition) is 3. The first-order valence-corrected chi connectivity index (χ1v) is 20.9. The maximum absolute atomic E-state index is 14.3. The predicted molar refractivity (Wildman–Crippen MR) is 242 cm³/mol. The van der Waals surface area contributed by atoms with Gasteiger partial charge in [-0.2, -0.15) is 0 Å². The third kappa shape index (κ3) is 5.05. The average molecular weight is 770 g/mol. The Morgan fingerprint density at radius 2 is 0.814 bits per heavy atom. The van der Waals surface area contributed by atoms with E-state index in [0.717, 1.165) is 39.1 Å². The van der Waals surface area contributed by atoms with Gasteiger partial charge >= 0.3 is 0 Å². The zero-order valence-corrected chi connectivity index (χ0v) is 32.8. The SMILES string of the molecule is O=C1c2ccccc2C2(c3ccccc31)c1ccc(-c3ccc(-c4cc(-c5ccccc5)cc(-c5ccccc5)c4)cc3)cc1N1c3ccccc3Sc3cccc2c31. The van der Waals surface area contributed by atoms with Gasteiger partial charge in [-0.1, -0.05) is 182 Å². The molecule has 0 atom stereocenters. The molecular formula is C56H35NOS. The fraction of sp³-hybridized carbons (Fsp3) is 0.0179. The number of anilines is 3. The van der Waals surface area contributed by atoms with E-state index in [-0.39, 0.29) is 5.78 Å². The van der Waals surface area contributed by atoms with Crippen molar-refractivity contribution in [3.8, 4) is 44.5 Å². The summed E-state index contributed by atoms with van der Waals surface area (Å²) in [5.74, 6) is 0.0808. The van der Waals surface area contributed by atoms with Crippen molar-refractivity contribution in [2.75, 3.05) is 4.90 Å². The van der Waals surface area contributed by atoms with Crippen LogP contribution in [-0.4, -0.2) is 5.78 Å². The van der Waals surface area contributed by atoms with Gasteiger partial charge in [-0.05, 0) is 109 Å². The van der Waals surface area contributed by atoms with Gasteiger partial charge in [0.25, 0.3) is 0 Å². The molecule has 0 amide bonds. The van der Waals surface area contributed by atoms with Crippen LogP contribution in [-0.2, 0) is 5.41 Å². The summed E-state index contributed by atoms with van der Waals surface area (Å²) in [7, 11) is 0. The second-order valence-electron chi connectivity index (χ2n) is 15.6. The van der Waals surface area contributed by atoms with Crippen LogP contribution in [0.2, 0.25) is 0 Å². The smallest absolute Gasteiger partial charge is 0.193 e. The highest BCUT2D eigenvalue weighted by Gasteiger charge is 2.53. The molecule has 2 nitrogen and oxygen atoms in total. The van der Waals surface area contributed by atoms with Crippen LogP contribution in [0.1, 0.15) is 38.2 Å². The molecule has 1 aliphatic carbocycles. The minimum atomic E-state index is -0.701. The number of fused-ring (bicyclic) bond motifs is 10. The number of hydrogen-bond donors (Lipinski definition) is 0. The summed E-state index contributed by atoms with van der Waals surface area (Å²) in [6, 6.07) is 76.2. The summed E-state index contributed by atoms with van der Waals surface area (Å²) < 4.78 is 0. The molecule has 276 valence electrons. The van der Waals surface area contributed by atoms with Gasteiger partial charge in [-0.25, -0.2) is 0 Å². The third-order valence-electron chi connectivity index (χ3n) is 12.4. The molecule has 59 heavy (non-hydrogen) atoms. The van der Waals surface area contributed by atoms with Crippen molar-refractivity contribution < 1.29 is 4.79 Å². The van der Waals surface area contributed by atoms with Gasteiger partial charge in [0.2, 0.25) is 0 Å². The van der Waals surface area contributed by atoms with E-state index in [1.165, 1.54) is 65.7 Å². The normalized spacial score (nSPS) is 13.8. The van der Waals surface area contributed by atoms with Gasteiger partial charge < -0.3 is 4.90 Å². The van der Waals surface area contributed by atoms with Crippen LogP contribution >= 0.6 is 11.8 Å². The van der Waals surface area contributed by atoms with E-state index in [9.17, 15) is 4.79 Å². The number of rotatable bonds is 4. The number of ketones is 1. The molecule has 9 aromatic carbocycles. The topological polar surface area (TPSA) is 20.3 Å². The van der Waals surface area contributed by atoms with Gasteiger partial charge in [0.15, 0.2) is 5.78 Å². The van der Waals surface area contributed by atoms with Crippen LogP contribution < -0.4 is 4.90 Å². The van der Waals surface area contributed by atoms with Crippen LogP contribution in [0.15, 0.2) is 222 Å². The maximum atomic E-state index is 14.3. The van der Waals surface area contributed by atoms with E-state index in [1.807, 2.05) is 36.0 Å². The first-order chi connectivity index (χ1) is 29.2. The minimum absolute atomic E-state index is 0.0808. The Hall–Kier alpha value is -7.20. The Labute approximate surface area is 348 Å². The summed E-state index contributed by atoms with van der Waals surface area (Å²) in [5, 5.41) is 0. The van der Waals surface area contributed by atoms with Crippen molar-refractivity contribution in [1.82, 2.24) is 0 Å². The van der Waals surface area contributed by atoms with Crippen molar-refractivity contribution in [1.29, 1.82) is 0 Å². The van der Waals surface area contributed by atoms with Crippen molar-refractivity contribution in [3.63, 3.8) is 0 Å². The molecule has 12 rings (SSSR count). The molecule has 0 saturated carbocycles. The molecule has 0 aromatic heterocycles. The fourth-order valence-electron chi connectivity index (χ4n) is 9.84. The second-order valence-corrected chi connectivity index (χ2v) is 16.7. The van der Waals surface area contributed by atoms with Gasteiger partial charge in [0, 0.05) is 20.9 Å². The standard InChI is InChI=1S/C56H35NOS/c58-55-44-18-7-9-20-46(44)56(47-21-10-8-19-45(47)55)48-31-30-40(35-51(48)57-50-23-11-12-24-52(50)59-53-25-13-22-49(56)54(53)57)38-26-28-39(29-27-38)43-33-41(36-14-3-1-4-15-36)32-42(34-43)37-16-5-2-6-17-37/h1-35H. The van der Waals surface area contributed by atoms with E-state index in [0.29, 0.717) is 0 Å². The van der Waals surface area contributed by atoms with E-state index in [2.05, 4.69) is 193 Å². The van der Waals surface area contributed by atoms with E-state index < -0.39 is 5.41 Å². The molecule has 0 unspecified atom stereocenters. The van der Waals surface area contributed by atoms with Crippen LogP contribution in [0.3, 0.4) is 0 Å². The van der Waals surface area contributed by atoms with E-state index in [1.54, 1.807) is 0 Å². The van der Waals surface area contributed by atoms with Crippen LogP contribution in [0.5, 0.6) is 0 Å². The molecule has 2 aliphatic heterocycles. The fourth-order valence-corrected chi connectivity index (χ4v) is 10.9. The molecule has 0 bridgehead atoms. The quantitative estimate of drug-likeness (QED) is 0.178. The first-order valence-electron chi connectivity index (χ1n) is 20.1. The molecule has 3 heteroatoms. The Balaban J connectivity index is 1.05. The van der Waals surface area contributed by atoms with Gasteiger partial charge in [0.05, 0.1) is 22.5 Å². The number of para-hydroxylation sites is 2.